The predicted molar refractivity (Wildman–Crippen MR) is 116 cm³/mol. The van der Waals surface area contributed by atoms with Gasteiger partial charge in [0.1, 0.15) is 17.8 Å². The van der Waals surface area contributed by atoms with Gasteiger partial charge in [-0.25, -0.2) is 4.68 Å². The fraction of sp³-hybridized carbons (Fsp3) is 0.455. The highest BCUT2D eigenvalue weighted by Crippen LogP contribution is 2.35. The van der Waals surface area contributed by atoms with E-state index in [4.69, 9.17) is 0 Å². The molecule has 4 rings (SSSR count). The molecule has 3 heterocycles. The fourth-order valence-corrected chi connectivity index (χ4v) is 4.26. The molecule has 1 aromatic carbocycles. The first-order valence-electron chi connectivity index (χ1n) is 10.4. The Labute approximate surface area is 180 Å². The maximum atomic E-state index is 13.6. The number of carbonyl (C=O) groups excluding carboxylic acids is 2. The van der Waals surface area contributed by atoms with Crippen LogP contribution >= 0.6 is 0 Å². The summed E-state index contributed by atoms with van der Waals surface area (Å²) in [6.07, 6.45) is 3.14. The molecule has 9 heteroatoms. The highest BCUT2D eigenvalue weighted by Gasteiger charge is 2.45. The molecule has 0 spiro atoms. The van der Waals surface area contributed by atoms with Crippen molar-refractivity contribution in [3.8, 4) is 11.3 Å². The number of aromatic nitrogens is 4. The first-order chi connectivity index (χ1) is 14.7. The maximum absolute atomic E-state index is 13.6. The summed E-state index contributed by atoms with van der Waals surface area (Å²) in [4.78, 5) is 30.5. The molecule has 0 unspecified atom stereocenters. The number of nitrogens with one attached hydrogen (secondary N) is 2. The lowest BCUT2D eigenvalue weighted by Gasteiger charge is -2.34. The first-order valence-corrected chi connectivity index (χ1v) is 10.4. The fourth-order valence-electron chi connectivity index (χ4n) is 4.26. The van der Waals surface area contributed by atoms with Gasteiger partial charge in [0.15, 0.2) is 0 Å². The molecule has 0 radical (unpaired) electrons. The van der Waals surface area contributed by atoms with Gasteiger partial charge >= 0.3 is 0 Å². The van der Waals surface area contributed by atoms with Crippen molar-refractivity contribution in [2.24, 2.45) is 5.41 Å². The van der Waals surface area contributed by atoms with E-state index in [9.17, 15) is 14.7 Å². The summed E-state index contributed by atoms with van der Waals surface area (Å²) in [5.41, 5.74) is 2.10. The predicted octanol–water partition coefficient (Wildman–Crippen LogP) is 1.72. The van der Waals surface area contributed by atoms with Crippen LogP contribution in [0.25, 0.3) is 22.2 Å². The normalized spacial score (nSPS) is 20.2. The molecule has 1 aliphatic rings. The average Bonchev–Trinajstić information content (AvgIpc) is 3.44. The number of aromatic amines is 1. The van der Waals surface area contributed by atoms with Crippen LogP contribution in [-0.2, 0) is 9.59 Å². The lowest BCUT2D eigenvalue weighted by molar-refractivity contribution is -0.144. The molecule has 1 saturated heterocycles. The van der Waals surface area contributed by atoms with Crippen LogP contribution in [0.5, 0.6) is 0 Å². The smallest absolute Gasteiger partial charge is 0.248 e. The molecule has 164 valence electrons. The monoisotopic (exact) mass is 424 g/mol. The third kappa shape index (κ3) is 3.93. The number of likely N-dealkylation sites (N-methyl/N-ethyl adjacent to an activating group) is 1. The molecule has 3 aromatic rings. The minimum absolute atomic E-state index is 0.120. The summed E-state index contributed by atoms with van der Waals surface area (Å²) in [5, 5.41) is 22.4. The Kier molecular flexibility index (Phi) is 5.30. The minimum Gasteiger partial charge on any atom is -0.391 e. The van der Waals surface area contributed by atoms with Gasteiger partial charge in [-0.15, -0.1) is 5.10 Å². The van der Waals surface area contributed by atoms with Crippen molar-refractivity contribution in [1.29, 1.82) is 0 Å². The van der Waals surface area contributed by atoms with Gasteiger partial charge in [-0.05, 0) is 23.6 Å². The maximum Gasteiger partial charge on any atom is 0.248 e. The third-order valence-electron chi connectivity index (χ3n) is 5.79. The van der Waals surface area contributed by atoms with E-state index in [1.165, 1.54) is 11.9 Å². The van der Waals surface area contributed by atoms with Crippen LogP contribution in [-0.4, -0.2) is 67.5 Å². The Bertz CT molecular complexity index is 1110. The van der Waals surface area contributed by atoms with Crippen molar-refractivity contribution in [3.05, 3.63) is 36.7 Å². The molecule has 9 nitrogen and oxygen atoms in total. The number of H-pyrrole nitrogens is 1. The topological polar surface area (TPSA) is 116 Å². The lowest BCUT2D eigenvalue weighted by atomic mass is 9.85. The molecule has 0 saturated carbocycles. The number of amides is 2. The molecule has 0 aliphatic carbocycles. The van der Waals surface area contributed by atoms with Gasteiger partial charge in [-0.3, -0.25) is 9.59 Å². The Morgan fingerprint density at radius 2 is 2.06 bits per heavy atom. The van der Waals surface area contributed by atoms with Crippen LogP contribution in [0, 0.1) is 5.41 Å². The summed E-state index contributed by atoms with van der Waals surface area (Å²) in [7, 11) is 1.53. The van der Waals surface area contributed by atoms with Crippen molar-refractivity contribution in [1.82, 2.24) is 30.2 Å². The van der Waals surface area contributed by atoms with E-state index in [1.807, 2.05) is 51.2 Å². The van der Waals surface area contributed by atoms with E-state index in [-0.39, 0.29) is 24.8 Å². The zero-order valence-corrected chi connectivity index (χ0v) is 18.2. The second-order valence-electron chi connectivity index (χ2n) is 9.14. The lowest BCUT2D eigenvalue weighted by Crippen LogP contribution is -2.49. The van der Waals surface area contributed by atoms with Crippen LogP contribution in [0.2, 0.25) is 0 Å². The molecule has 2 amide bonds. The van der Waals surface area contributed by atoms with Gasteiger partial charge in [0.05, 0.1) is 12.3 Å². The molecular weight excluding hydrogens is 396 g/mol. The van der Waals surface area contributed by atoms with Gasteiger partial charge in [0.25, 0.3) is 0 Å². The summed E-state index contributed by atoms with van der Waals surface area (Å²) in [5.74, 6) is -0.535. The van der Waals surface area contributed by atoms with Crippen LogP contribution < -0.4 is 5.32 Å². The largest absolute Gasteiger partial charge is 0.391 e. The van der Waals surface area contributed by atoms with Crippen molar-refractivity contribution in [2.45, 2.75) is 45.4 Å². The molecule has 1 fully saturated rings. The molecular formula is C22H28N6O3. The van der Waals surface area contributed by atoms with Crippen molar-refractivity contribution in [3.63, 3.8) is 0 Å². The number of benzene rings is 1. The number of aliphatic hydroxyl groups is 1. The van der Waals surface area contributed by atoms with Gasteiger partial charge in [0.2, 0.25) is 11.8 Å². The SMILES string of the molecule is CNC(=O)[C@@H]1C[C@@H](O)CN1C(=O)[C@@H](n1cc(-c2ccc3[nH]ccc3c2)nn1)C(C)(C)C. The number of rotatable bonds is 4. The number of carbonyl (C=O) groups is 2. The van der Waals surface area contributed by atoms with E-state index >= 15 is 0 Å². The van der Waals surface area contributed by atoms with Gasteiger partial charge in [-0.1, -0.05) is 32.1 Å². The van der Waals surface area contributed by atoms with Crippen molar-refractivity contribution < 1.29 is 14.7 Å². The molecule has 3 atom stereocenters. The number of fused-ring (bicyclic) bond motifs is 1. The van der Waals surface area contributed by atoms with Crippen LogP contribution in [0.4, 0.5) is 0 Å². The molecule has 2 aromatic heterocycles. The average molecular weight is 425 g/mol. The molecule has 0 bridgehead atoms. The van der Waals surface area contributed by atoms with Gasteiger partial charge in [-0.2, -0.15) is 0 Å². The molecule has 3 N–H and O–H groups in total. The van der Waals surface area contributed by atoms with E-state index < -0.39 is 23.6 Å². The number of likely N-dealkylation sites (tertiary alicyclic amines) is 1. The highest BCUT2D eigenvalue weighted by molar-refractivity contribution is 5.90. The van der Waals surface area contributed by atoms with Crippen LogP contribution in [0.15, 0.2) is 36.7 Å². The Hall–Kier alpha value is -3.20. The second-order valence-corrected chi connectivity index (χ2v) is 9.14. The number of β-amino-alcohol motifs (C(OH)–C–C–N with tert-alkyl or cyclic N) is 1. The molecule has 31 heavy (non-hydrogen) atoms. The summed E-state index contributed by atoms with van der Waals surface area (Å²) >= 11 is 0. The van der Waals surface area contributed by atoms with Crippen LogP contribution in [0.3, 0.4) is 0 Å². The van der Waals surface area contributed by atoms with E-state index in [0.29, 0.717) is 5.69 Å². The minimum atomic E-state index is -0.730. The second kappa shape index (κ2) is 7.81. The van der Waals surface area contributed by atoms with E-state index in [1.54, 1.807) is 10.9 Å². The van der Waals surface area contributed by atoms with E-state index in [2.05, 4.69) is 20.6 Å². The quantitative estimate of drug-likeness (QED) is 0.590. The molecule has 1 aliphatic heterocycles. The van der Waals surface area contributed by atoms with Crippen molar-refractivity contribution >= 4 is 22.7 Å². The van der Waals surface area contributed by atoms with Crippen molar-refractivity contribution in [2.75, 3.05) is 13.6 Å². The third-order valence-corrected chi connectivity index (χ3v) is 5.79. The van der Waals surface area contributed by atoms with Gasteiger partial charge in [0, 0.05) is 42.7 Å². The summed E-state index contributed by atoms with van der Waals surface area (Å²) in [6, 6.07) is 6.57. The standard InChI is InChI=1S/C22H28N6O3/c1-22(2,3)19(21(31)27-11-15(29)10-18(27)20(30)23-4)28-12-17(25-26-28)13-5-6-16-14(9-13)7-8-24-16/h5-9,12,15,18-19,24,29H,10-11H2,1-4H3,(H,23,30)/t15-,18+,19-/m1/s1. The first kappa shape index (κ1) is 21.0. The van der Waals surface area contributed by atoms with Gasteiger partial charge < -0.3 is 20.3 Å². The number of aliphatic hydroxyl groups excluding tert-OH is 1. The Morgan fingerprint density at radius 1 is 1.29 bits per heavy atom. The number of hydrogen-bond donors (Lipinski definition) is 3. The zero-order valence-electron chi connectivity index (χ0n) is 18.2. The Morgan fingerprint density at radius 3 is 2.77 bits per heavy atom. The Balaban J connectivity index is 1.67. The number of nitrogens with zero attached hydrogens (tertiary/aromatic N) is 4. The summed E-state index contributed by atoms with van der Waals surface area (Å²) in [6.45, 7) is 5.97. The summed E-state index contributed by atoms with van der Waals surface area (Å²) < 4.78 is 1.57. The number of hydrogen-bond acceptors (Lipinski definition) is 5. The van der Waals surface area contributed by atoms with E-state index in [0.717, 1.165) is 16.5 Å². The van der Waals surface area contributed by atoms with Crippen LogP contribution in [0.1, 0.15) is 33.2 Å². The highest BCUT2D eigenvalue weighted by atomic mass is 16.3. The zero-order chi connectivity index (χ0) is 22.3.